The van der Waals surface area contributed by atoms with E-state index in [1.54, 1.807) is 5.32 Å². The Bertz CT molecular complexity index is 243. The van der Waals surface area contributed by atoms with Gasteiger partial charge in [0.1, 0.15) is 12.2 Å². The predicted molar refractivity (Wildman–Crippen MR) is 48.5 cm³/mol. The van der Waals surface area contributed by atoms with Crippen LogP contribution in [0.15, 0.2) is 0 Å². The molecule has 5 N–H and O–H groups in total. The molecule has 0 saturated carbocycles. The highest BCUT2D eigenvalue weighted by atomic mass is 16.4. The van der Waals surface area contributed by atoms with Crippen molar-refractivity contribution in [2.75, 3.05) is 0 Å². The average molecular weight is 221 g/mol. The second-order valence-corrected chi connectivity index (χ2v) is 3.30. The number of carbonyl (C=O) groups excluding carboxylic acids is 2. The molecule has 7 heteroatoms. The summed E-state index contributed by atoms with van der Waals surface area (Å²) in [6.07, 6.45) is -5.25. The Balaban J connectivity index is 4.78. The minimum absolute atomic E-state index is 0.120. The predicted octanol–water partition coefficient (Wildman–Crippen LogP) is -2.89. The van der Waals surface area contributed by atoms with Crippen molar-refractivity contribution < 1.29 is 30.0 Å². The van der Waals surface area contributed by atoms with Gasteiger partial charge in [0.15, 0.2) is 6.29 Å². The fourth-order valence-electron chi connectivity index (χ4n) is 0.979. The van der Waals surface area contributed by atoms with Crippen LogP contribution in [0.4, 0.5) is 0 Å². The van der Waals surface area contributed by atoms with Crippen LogP contribution in [0.25, 0.3) is 0 Å². The summed E-state index contributed by atoms with van der Waals surface area (Å²) >= 11 is 0. The molecule has 1 amide bonds. The number of rotatable bonds is 5. The summed E-state index contributed by atoms with van der Waals surface area (Å²) in [5, 5.41) is 38.7. The van der Waals surface area contributed by atoms with Crippen LogP contribution in [0, 0.1) is 0 Å². The SMILES string of the molecule is CC(=O)N[C@@](O)(C=O)[C@H](O)[C@@H](O)[C@H](C)O. The Hall–Kier alpha value is -1.02. The minimum Gasteiger partial charge on any atom is -0.391 e. The maximum atomic E-state index is 10.6. The van der Waals surface area contributed by atoms with Crippen molar-refractivity contribution in [2.45, 2.75) is 37.9 Å². The second kappa shape index (κ2) is 5.17. The van der Waals surface area contributed by atoms with Gasteiger partial charge in [-0.25, -0.2) is 0 Å². The van der Waals surface area contributed by atoms with E-state index in [1.807, 2.05) is 0 Å². The van der Waals surface area contributed by atoms with Gasteiger partial charge in [0, 0.05) is 6.92 Å². The monoisotopic (exact) mass is 221 g/mol. The van der Waals surface area contributed by atoms with Crippen molar-refractivity contribution in [2.24, 2.45) is 0 Å². The van der Waals surface area contributed by atoms with Crippen LogP contribution in [0.3, 0.4) is 0 Å². The van der Waals surface area contributed by atoms with E-state index < -0.39 is 29.9 Å². The molecule has 4 atom stereocenters. The highest BCUT2D eigenvalue weighted by Gasteiger charge is 2.42. The first-order chi connectivity index (χ1) is 6.74. The Morgan fingerprint density at radius 2 is 1.87 bits per heavy atom. The molecule has 0 bridgehead atoms. The molecule has 0 spiro atoms. The third-order valence-corrected chi connectivity index (χ3v) is 1.82. The molecule has 0 rings (SSSR count). The van der Waals surface area contributed by atoms with E-state index >= 15 is 0 Å². The zero-order valence-electron chi connectivity index (χ0n) is 8.41. The van der Waals surface area contributed by atoms with Crippen molar-refractivity contribution in [3.05, 3.63) is 0 Å². The summed E-state index contributed by atoms with van der Waals surface area (Å²) in [4.78, 5) is 21.1. The van der Waals surface area contributed by atoms with Crippen molar-refractivity contribution in [1.29, 1.82) is 0 Å². The van der Waals surface area contributed by atoms with Crippen molar-refractivity contribution in [1.82, 2.24) is 5.32 Å². The van der Waals surface area contributed by atoms with Crippen LogP contribution in [0.1, 0.15) is 13.8 Å². The zero-order chi connectivity index (χ0) is 12.2. The van der Waals surface area contributed by atoms with Crippen LogP contribution in [-0.4, -0.2) is 56.7 Å². The van der Waals surface area contributed by atoms with Gasteiger partial charge in [-0.1, -0.05) is 0 Å². The minimum atomic E-state index is -2.61. The Kier molecular flexibility index (Phi) is 4.82. The quantitative estimate of drug-likeness (QED) is 0.250. The number of nitrogens with one attached hydrogen (secondary N) is 1. The second-order valence-electron chi connectivity index (χ2n) is 3.30. The molecular formula is C8H15NO6. The number of amides is 1. The molecule has 0 aliphatic carbocycles. The molecule has 0 aromatic carbocycles. The van der Waals surface area contributed by atoms with E-state index in [2.05, 4.69) is 0 Å². The molecule has 0 unspecified atom stereocenters. The van der Waals surface area contributed by atoms with Crippen LogP contribution in [0.5, 0.6) is 0 Å². The maximum Gasteiger partial charge on any atom is 0.224 e. The Labute approximate surface area is 86.3 Å². The highest BCUT2D eigenvalue weighted by Crippen LogP contribution is 2.11. The first kappa shape index (κ1) is 14.0. The lowest BCUT2D eigenvalue weighted by molar-refractivity contribution is -0.172. The van der Waals surface area contributed by atoms with Gasteiger partial charge >= 0.3 is 0 Å². The summed E-state index contributed by atoms with van der Waals surface area (Å²) in [5.74, 6) is -0.763. The average Bonchev–Trinajstić information content (AvgIpc) is 2.14. The molecule has 0 saturated heterocycles. The molecule has 0 heterocycles. The summed E-state index contributed by atoms with van der Waals surface area (Å²) in [7, 11) is 0. The van der Waals surface area contributed by atoms with E-state index in [9.17, 15) is 24.9 Å². The Morgan fingerprint density at radius 1 is 1.40 bits per heavy atom. The van der Waals surface area contributed by atoms with Crippen molar-refractivity contribution >= 4 is 12.2 Å². The maximum absolute atomic E-state index is 10.6. The molecule has 7 nitrogen and oxygen atoms in total. The number of carbonyl (C=O) groups is 2. The number of hydrogen-bond donors (Lipinski definition) is 5. The smallest absolute Gasteiger partial charge is 0.224 e. The molecule has 0 aliphatic rings. The lowest BCUT2D eigenvalue weighted by Gasteiger charge is -2.32. The zero-order valence-corrected chi connectivity index (χ0v) is 8.41. The van der Waals surface area contributed by atoms with Crippen LogP contribution in [0.2, 0.25) is 0 Å². The van der Waals surface area contributed by atoms with Gasteiger partial charge in [0.2, 0.25) is 11.6 Å². The van der Waals surface area contributed by atoms with Gasteiger partial charge in [-0.3, -0.25) is 9.59 Å². The first-order valence-electron chi connectivity index (χ1n) is 4.26. The number of aliphatic hydroxyl groups is 4. The molecule has 15 heavy (non-hydrogen) atoms. The summed E-state index contributed by atoms with van der Waals surface area (Å²) < 4.78 is 0. The number of hydrogen-bond acceptors (Lipinski definition) is 6. The largest absolute Gasteiger partial charge is 0.391 e. The van der Waals surface area contributed by atoms with Crippen molar-refractivity contribution in [3.63, 3.8) is 0 Å². The van der Waals surface area contributed by atoms with E-state index in [0.29, 0.717) is 0 Å². The van der Waals surface area contributed by atoms with Gasteiger partial charge in [0.25, 0.3) is 0 Å². The van der Waals surface area contributed by atoms with Gasteiger partial charge in [-0.05, 0) is 6.92 Å². The third kappa shape index (κ3) is 3.56. The number of aldehydes is 1. The lowest BCUT2D eigenvalue weighted by Crippen LogP contribution is -2.62. The van der Waals surface area contributed by atoms with E-state index in [4.69, 9.17) is 5.11 Å². The molecular weight excluding hydrogens is 206 g/mol. The molecule has 0 radical (unpaired) electrons. The molecule has 0 fully saturated rings. The fourth-order valence-corrected chi connectivity index (χ4v) is 0.979. The standard InChI is InChI=1S/C8H15NO6/c1-4(11)6(13)7(14)8(15,3-10)9-5(2)12/h3-4,6-7,11,13-15H,1-2H3,(H,9,12)/t4-,6-,7+,8+/m0/s1. The highest BCUT2D eigenvalue weighted by molar-refractivity contribution is 5.79. The molecule has 88 valence electrons. The summed E-state index contributed by atoms with van der Waals surface area (Å²) in [6, 6.07) is 0. The van der Waals surface area contributed by atoms with Crippen LogP contribution in [-0.2, 0) is 9.59 Å². The van der Waals surface area contributed by atoms with Crippen LogP contribution < -0.4 is 5.32 Å². The summed E-state index contributed by atoms with van der Waals surface area (Å²) in [5.41, 5.74) is -2.61. The molecule has 0 aromatic rings. The van der Waals surface area contributed by atoms with E-state index in [-0.39, 0.29) is 6.29 Å². The lowest BCUT2D eigenvalue weighted by atomic mass is 9.99. The number of aliphatic hydroxyl groups excluding tert-OH is 3. The Morgan fingerprint density at radius 3 is 2.13 bits per heavy atom. The molecule has 0 aliphatic heterocycles. The topological polar surface area (TPSA) is 127 Å². The van der Waals surface area contributed by atoms with E-state index in [0.717, 1.165) is 13.8 Å². The van der Waals surface area contributed by atoms with Gasteiger partial charge in [0.05, 0.1) is 6.10 Å². The first-order valence-corrected chi connectivity index (χ1v) is 4.26. The van der Waals surface area contributed by atoms with Gasteiger partial charge in [-0.15, -0.1) is 0 Å². The van der Waals surface area contributed by atoms with Crippen LogP contribution >= 0.6 is 0 Å². The van der Waals surface area contributed by atoms with Gasteiger partial charge in [-0.2, -0.15) is 0 Å². The van der Waals surface area contributed by atoms with Crippen molar-refractivity contribution in [3.8, 4) is 0 Å². The van der Waals surface area contributed by atoms with E-state index in [1.165, 1.54) is 0 Å². The summed E-state index contributed by atoms with van der Waals surface area (Å²) in [6.45, 7) is 2.18. The van der Waals surface area contributed by atoms with Gasteiger partial charge < -0.3 is 25.7 Å². The molecule has 0 aromatic heterocycles. The fraction of sp³-hybridized carbons (Fsp3) is 0.750. The third-order valence-electron chi connectivity index (χ3n) is 1.82. The normalized spacial score (nSPS) is 20.9.